The van der Waals surface area contributed by atoms with Crippen LogP contribution in [0.5, 0.6) is 11.5 Å². The highest BCUT2D eigenvalue weighted by atomic mass is 35.5. The fourth-order valence-corrected chi connectivity index (χ4v) is 3.60. The normalized spacial score (nSPS) is 15.7. The highest BCUT2D eigenvalue weighted by Gasteiger charge is 2.36. The first-order chi connectivity index (χ1) is 15.4. The molecule has 0 spiro atoms. The summed E-state index contributed by atoms with van der Waals surface area (Å²) in [6, 6.07) is 14.4. The van der Waals surface area contributed by atoms with Crippen LogP contribution in [0, 0.1) is 11.3 Å². The lowest BCUT2D eigenvalue weighted by Crippen LogP contribution is -2.25. The monoisotopic (exact) mass is 454 g/mol. The third kappa shape index (κ3) is 4.82. The zero-order chi connectivity index (χ0) is 23.3. The summed E-state index contributed by atoms with van der Waals surface area (Å²) in [5, 5.41) is 10.4. The van der Waals surface area contributed by atoms with Gasteiger partial charge in [0.15, 0.2) is 0 Å². The average molecular weight is 455 g/mol. The number of allylic oxidation sites excluding steroid dienone is 2. The number of rotatable bonds is 7. The number of methoxy groups -OCH3 is 1. The van der Waals surface area contributed by atoms with Crippen molar-refractivity contribution in [2.75, 3.05) is 13.7 Å². The maximum Gasteiger partial charge on any atom is 0.338 e. The summed E-state index contributed by atoms with van der Waals surface area (Å²) in [5.41, 5.74) is 7.72. The number of carbonyl (C=O) groups is 1. The SMILES string of the molecule is CCOC(=O)C1=C(C)OC(N)=C(C#N)[C@@H]1c1ccc(OC)c(COc2ccc(Cl)cc2)c1. The van der Waals surface area contributed by atoms with Gasteiger partial charge in [0.05, 0.1) is 25.2 Å². The summed E-state index contributed by atoms with van der Waals surface area (Å²) < 4.78 is 22.0. The second kappa shape index (κ2) is 10.1. The summed E-state index contributed by atoms with van der Waals surface area (Å²) >= 11 is 5.93. The van der Waals surface area contributed by atoms with Crippen molar-refractivity contribution in [3.8, 4) is 17.6 Å². The van der Waals surface area contributed by atoms with Gasteiger partial charge in [0.25, 0.3) is 0 Å². The van der Waals surface area contributed by atoms with E-state index in [0.717, 1.165) is 5.56 Å². The molecule has 2 aromatic carbocycles. The Morgan fingerprint density at radius 1 is 1.25 bits per heavy atom. The molecule has 2 aromatic rings. The molecule has 0 aromatic heterocycles. The lowest BCUT2D eigenvalue weighted by molar-refractivity contribution is -0.139. The van der Waals surface area contributed by atoms with Crippen LogP contribution >= 0.6 is 11.6 Å². The van der Waals surface area contributed by atoms with Crippen molar-refractivity contribution in [3.05, 3.63) is 81.4 Å². The zero-order valence-corrected chi connectivity index (χ0v) is 18.7. The van der Waals surface area contributed by atoms with E-state index in [1.165, 1.54) is 0 Å². The van der Waals surface area contributed by atoms with Gasteiger partial charge in [-0.2, -0.15) is 5.26 Å². The molecule has 0 fully saturated rings. The van der Waals surface area contributed by atoms with Crippen LogP contribution in [0.3, 0.4) is 0 Å². The lowest BCUT2D eigenvalue weighted by Gasteiger charge is -2.27. The molecule has 7 nitrogen and oxygen atoms in total. The standard InChI is InChI=1S/C24H23ClN2O5/c1-4-30-24(28)21-14(2)32-23(27)19(12-26)22(21)15-5-10-20(29-3)16(11-15)13-31-18-8-6-17(25)7-9-18/h5-11,22H,4,13,27H2,1-3H3/t22-/m0/s1. The van der Waals surface area contributed by atoms with Crippen molar-refractivity contribution in [2.45, 2.75) is 26.4 Å². The summed E-state index contributed by atoms with van der Waals surface area (Å²) in [5.74, 6) is 0.178. The van der Waals surface area contributed by atoms with Crippen LogP contribution in [0.2, 0.25) is 5.02 Å². The number of esters is 1. The van der Waals surface area contributed by atoms with E-state index in [1.807, 2.05) is 6.07 Å². The second-order valence-corrected chi connectivity index (χ2v) is 7.37. The molecule has 0 saturated carbocycles. The number of nitrogens with zero attached hydrogens (tertiary/aromatic N) is 1. The number of halogens is 1. The van der Waals surface area contributed by atoms with Crippen molar-refractivity contribution < 1.29 is 23.7 Å². The third-order valence-corrected chi connectivity index (χ3v) is 5.20. The van der Waals surface area contributed by atoms with Crippen molar-refractivity contribution in [3.63, 3.8) is 0 Å². The molecule has 0 amide bonds. The van der Waals surface area contributed by atoms with Crippen molar-refractivity contribution >= 4 is 17.6 Å². The molecule has 1 heterocycles. The van der Waals surface area contributed by atoms with Gasteiger partial charge in [-0.15, -0.1) is 0 Å². The highest BCUT2D eigenvalue weighted by molar-refractivity contribution is 6.30. The van der Waals surface area contributed by atoms with E-state index in [9.17, 15) is 10.1 Å². The molecular formula is C24H23ClN2O5. The molecule has 0 saturated heterocycles. The quantitative estimate of drug-likeness (QED) is 0.611. The number of carbonyl (C=O) groups excluding carboxylic acids is 1. The van der Waals surface area contributed by atoms with E-state index in [1.54, 1.807) is 57.4 Å². The number of nitrogens with two attached hydrogens (primary N) is 1. The topological polar surface area (TPSA) is 104 Å². The molecule has 1 aliphatic rings. The Morgan fingerprint density at radius 3 is 2.59 bits per heavy atom. The Morgan fingerprint density at radius 2 is 1.97 bits per heavy atom. The summed E-state index contributed by atoms with van der Waals surface area (Å²) in [6.45, 7) is 3.71. The van der Waals surface area contributed by atoms with E-state index in [4.69, 9.17) is 36.3 Å². The minimum Gasteiger partial charge on any atom is -0.496 e. The maximum atomic E-state index is 12.7. The van der Waals surface area contributed by atoms with Crippen LogP contribution in [-0.4, -0.2) is 19.7 Å². The lowest BCUT2D eigenvalue weighted by atomic mass is 9.82. The molecule has 0 radical (unpaired) electrons. The minimum atomic E-state index is -0.743. The van der Waals surface area contributed by atoms with Crippen molar-refractivity contribution in [2.24, 2.45) is 5.73 Å². The largest absolute Gasteiger partial charge is 0.496 e. The van der Waals surface area contributed by atoms with E-state index in [0.29, 0.717) is 27.8 Å². The summed E-state index contributed by atoms with van der Waals surface area (Å²) in [6.07, 6.45) is 0. The van der Waals surface area contributed by atoms with Gasteiger partial charge < -0.3 is 24.7 Å². The van der Waals surface area contributed by atoms with E-state index < -0.39 is 11.9 Å². The zero-order valence-electron chi connectivity index (χ0n) is 18.0. The number of hydrogen-bond acceptors (Lipinski definition) is 7. The Hall–Kier alpha value is -3.63. The Labute approximate surface area is 191 Å². The van der Waals surface area contributed by atoms with E-state index in [-0.39, 0.29) is 30.2 Å². The Bertz CT molecular complexity index is 1120. The van der Waals surface area contributed by atoms with Crippen LogP contribution in [0.15, 0.2) is 65.3 Å². The Kier molecular flexibility index (Phi) is 7.29. The van der Waals surface area contributed by atoms with Crippen LogP contribution in [0.25, 0.3) is 0 Å². The highest BCUT2D eigenvalue weighted by Crippen LogP contribution is 2.40. The molecular weight excluding hydrogens is 432 g/mol. The Balaban J connectivity index is 2.02. The van der Waals surface area contributed by atoms with E-state index in [2.05, 4.69) is 6.07 Å². The third-order valence-electron chi connectivity index (χ3n) is 4.95. The molecule has 0 aliphatic carbocycles. The van der Waals surface area contributed by atoms with Gasteiger partial charge >= 0.3 is 5.97 Å². The number of ether oxygens (including phenoxy) is 4. The number of benzene rings is 2. The first-order valence-electron chi connectivity index (χ1n) is 9.90. The predicted molar refractivity (Wildman–Crippen MR) is 119 cm³/mol. The molecule has 1 aliphatic heterocycles. The number of hydrogen-bond donors (Lipinski definition) is 1. The smallest absolute Gasteiger partial charge is 0.338 e. The molecule has 0 bridgehead atoms. The van der Waals surface area contributed by atoms with Crippen LogP contribution in [0.4, 0.5) is 0 Å². The van der Waals surface area contributed by atoms with E-state index >= 15 is 0 Å². The molecule has 166 valence electrons. The van der Waals surface area contributed by atoms with Gasteiger partial charge in [-0.1, -0.05) is 17.7 Å². The second-order valence-electron chi connectivity index (χ2n) is 6.93. The summed E-state index contributed by atoms with van der Waals surface area (Å²) in [7, 11) is 1.56. The molecule has 1 atom stereocenters. The van der Waals surface area contributed by atoms with Gasteiger partial charge in [0, 0.05) is 10.6 Å². The van der Waals surface area contributed by atoms with Gasteiger partial charge in [-0.25, -0.2) is 4.79 Å². The predicted octanol–water partition coefficient (Wildman–Crippen LogP) is 4.57. The molecule has 2 N–H and O–H groups in total. The fourth-order valence-electron chi connectivity index (χ4n) is 3.47. The average Bonchev–Trinajstić information content (AvgIpc) is 2.78. The first kappa shape index (κ1) is 23.0. The van der Waals surface area contributed by atoms with Gasteiger partial charge in [-0.3, -0.25) is 0 Å². The summed E-state index contributed by atoms with van der Waals surface area (Å²) in [4.78, 5) is 12.7. The molecule has 0 unspecified atom stereocenters. The van der Waals surface area contributed by atoms with Gasteiger partial charge in [0.2, 0.25) is 5.88 Å². The van der Waals surface area contributed by atoms with Crippen LogP contribution < -0.4 is 15.2 Å². The van der Waals surface area contributed by atoms with Crippen LogP contribution in [-0.2, 0) is 20.9 Å². The number of nitriles is 1. The molecule has 8 heteroatoms. The van der Waals surface area contributed by atoms with Crippen LogP contribution in [0.1, 0.15) is 30.9 Å². The van der Waals surface area contributed by atoms with Gasteiger partial charge in [0.1, 0.15) is 35.5 Å². The van der Waals surface area contributed by atoms with Crippen molar-refractivity contribution in [1.29, 1.82) is 5.26 Å². The minimum absolute atomic E-state index is 0.0437. The first-order valence-corrected chi connectivity index (χ1v) is 10.3. The van der Waals surface area contributed by atoms with Crippen molar-refractivity contribution in [1.82, 2.24) is 0 Å². The van der Waals surface area contributed by atoms with Gasteiger partial charge in [-0.05, 0) is 55.8 Å². The molecule has 3 rings (SSSR count). The molecule has 32 heavy (non-hydrogen) atoms. The fraction of sp³-hybridized carbons (Fsp3) is 0.250. The maximum absolute atomic E-state index is 12.7.